The second kappa shape index (κ2) is 11.8. The molecule has 5 rings (SSSR count). The highest BCUT2D eigenvalue weighted by Gasteiger charge is 2.60. The quantitative estimate of drug-likeness (QED) is 0.356. The van der Waals surface area contributed by atoms with Gasteiger partial charge in [0.15, 0.2) is 6.35 Å². The van der Waals surface area contributed by atoms with Crippen molar-refractivity contribution in [1.29, 1.82) is 0 Å². The van der Waals surface area contributed by atoms with Gasteiger partial charge in [0.1, 0.15) is 22.9 Å². The summed E-state index contributed by atoms with van der Waals surface area (Å²) in [6.07, 6.45) is -1.34. The lowest BCUT2D eigenvalue weighted by atomic mass is 9.71. The van der Waals surface area contributed by atoms with Gasteiger partial charge in [-0.2, -0.15) is 0 Å². The maximum Gasteiger partial charge on any atom is 0.234 e. The first-order valence-corrected chi connectivity index (χ1v) is 14.7. The molecule has 0 saturated carbocycles. The van der Waals surface area contributed by atoms with Gasteiger partial charge in [-0.3, -0.25) is 9.79 Å². The van der Waals surface area contributed by atoms with E-state index < -0.39 is 17.4 Å². The van der Waals surface area contributed by atoms with Crippen LogP contribution in [0.1, 0.15) is 44.4 Å². The third-order valence-electron chi connectivity index (χ3n) is 8.22. The predicted octanol–water partition coefficient (Wildman–Crippen LogP) is 5.39. The number of amides is 1. The average Bonchev–Trinajstić information content (AvgIpc) is 3.21. The Bertz CT molecular complexity index is 1480. The molecule has 0 bridgehead atoms. The lowest BCUT2D eigenvalue weighted by molar-refractivity contribution is -0.147. The van der Waals surface area contributed by atoms with Crippen molar-refractivity contribution in [2.45, 2.75) is 51.2 Å². The molecule has 3 atom stereocenters. The standard InChI is InChI=1S/C32H36Cl2N4O4/c1-20(2)42-27-18-25(41-5)14-15-26(27)29-36-31(3,21-6-10-23(33)11-7-21)32(4,22-8-12-24(34)13-9-22)38(29)30(40)37-17-16-35-28(39)19-37/h6-15,18,20,30,40H,16-17,19H2,1-5H3,(H,35,39)/t30?,31-,32+/m0/s1. The Labute approximate surface area is 256 Å². The van der Waals surface area contributed by atoms with Crippen LogP contribution >= 0.6 is 23.2 Å². The minimum Gasteiger partial charge on any atom is -0.497 e. The van der Waals surface area contributed by atoms with Crippen LogP contribution in [-0.4, -0.2) is 65.8 Å². The number of hydrogen-bond donors (Lipinski definition) is 2. The first kappa shape index (κ1) is 30.2. The summed E-state index contributed by atoms with van der Waals surface area (Å²) in [5.74, 6) is 1.56. The number of ether oxygens (including phenoxy) is 2. The van der Waals surface area contributed by atoms with E-state index in [2.05, 4.69) is 12.2 Å². The van der Waals surface area contributed by atoms with Gasteiger partial charge in [-0.25, -0.2) is 4.90 Å². The van der Waals surface area contributed by atoms with E-state index in [1.807, 2.05) is 92.4 Å². The molecule has 42 heavy (non-hydrogen) atoms. The number of aliphatic hydroxyl groups is 1. The van der Waals surface area contributed by atoms with E-state index in [0.717, 1.165) is 11.1 Å². The fourth-order valence-electron chi connectivity index (χ4n) is 5.85. The van der Waals surface area contributed by atoms with E-state index in [0.29, 0.717) is 46.0 Å². The van der Waals surface area contributed by atoms with Crippen LogP contribution < -0.4 is 14.8 Å². The molecule has 8 nitrogen and oxygen atoms in total. The first-order chi connectivity index (χ1) is 20.0. The maximum atomic E-state index is 12.5. The number of hydrogen-bond acceptors (Lipinski definition) is 7. The topological polar surface area (TPSA) is 86.6 Å². The molecule has 0 spiro atoms. The van der Waals surface area contributed by atoms with Crippen molar-refractivity contribution in [1.82, 2.24) is 15.1 Å². The van der Waals surface area contributed by atoms with E-state index in [1.165, 1.54) is 0 Å². The van der Waals surface area contributed by atoms with Gasteiger partial charge in [0.05, 0.1) is 30.9 Å². The molecule has 2 aliphatic rings. The van der Waals surface area contributed by atoms with Crippen molar-refractivity contribution in [3.63, 3.8) is 0 Å². The van der Waals surface area contributed by atoms with Crippen LogP contribution in [0.15, 0.2) is 71.7 Å². The van der Waals surface area contributed by atoms with Crippen LogP contribution in [0.25, 0.3) is 0 Å². The number of methoxy groups -OCH3 is 1. The summed E-state index contributed by atoms with van der Waals surface area (Å²) in [5, 5.41) is 16.3. The van der Waals surface area contributed by atoms with Gasteiger partial charge < -0.3 is 24.8 Å². The van der Waals surface area contributed by atoms with Gasteiger partial charge in [0, 0.05) is 29.2 Å². The second-order valence-electron chi connectivity index (χ2n) is 11.2. The number of carbonyl (C=O) groups is 1. The molecule has 2 heterocycles. The summed E-state index contributed by atoms with van der Waals surface area (Å²) in [4.78, 5) is 21.6. The third-order valence-corrected chi connectivity index (χ3v) is 8.72. The molecule has 3 aromatic rings. The highest BCUT2D eigenvalue weighted by molar-refractivity contribution is 6.30. The Hall–Kier alpha value is -3.30. The summed E-state index contributed by atoms with van der Waals surface area (Å²) in [6, 6.07) is 20.8. The molecule has 1 unspecified atom stereocenters. The number of aliphatic hydroxyl groups excluding tert-OH is 1. The number of carbonyl (C=O) groups excluding carboxylic acids is 1. The fourth-order valence-corrected chi connectivity index (χ4v) is 6.10. The van der Waals surface area contributed by atoms with Crippen LogP contribution in [0, 0.1) is 0 Å². The summed E-state index contributed by atoms with van der Waals surface area (Å²) in [6.45, 7) is 8.93. The third kappa shape index (κ3) is 5.33. The number of benzene rings is 3. The zero-order chi connectivity index (χ0) is 30.2. The van der Waals surface area contributed by atoms with Gasteiger partial charge in [0.25, 0.3) is 0 Å². The van der Waals surface area contributed by atoms with E-state index in [4.69, 9.17) is 37.7 Å². The molecule has 0 radical (unpaired) electrons. The minimum absolute atomic E-state index is 0.0390. The number of amidine groups is 1. The largest absolute Gasteiger partial charge is 0.497 e. The highest BCUT2D eigenvalue weighted by atomic mass is 35.5. The zero-order valence-corrected chi connectivity index (χ0v) is 25.9. The van der Waals surface area contributed by atoms with Gasteiger partial charge in [-0.15, -0.1) is 0 Å². The molecule has 222 valence electrons. The highest BCUT2D eigenvalue weighted by Crippen LogP contribution is 2.54. The average molecular weight is 612 g/mol. The molecule has 3 aromatic carbocycles. The predicted molar refractivity (Wildman–Crippen MR) is 165 cm³/mol. The lowest BCUT2D eigenvalue weighted by Crippen LogP contribution is -2.63. The number of rotatable bonds is 8. The van der Waals surface area contributed by atoms with Crippen LogP contribution in [0.5, 0.6) is 11.5 Å². The fraction of sp³-hybridized carbons (Fsp3) is 0.375. The molecule has 1 fully saturated rings. The van der Waals surface area contributed by atoms with Crippen LogP contribution in [-0.2, 0) is 15.9 Å². The van der Waals surface area contributed by atoms with E-state index in [-0.39, 0.29) is 18.6 Å². The Kier molecular flexibility index (Phi) is 8.45. The summed E-state index contributed by atoms with van der Waals surface area (Å²) >= 11 is 12.7. The molecule has 0 aromatic heterocycles. The normalized spacial score (nSPS) is 23.5. The first-order valence-electron chi connectivity index (χ1n) is 13.9. The number of piperazine rings is 1. The Balaban J connectivity index is 1.80. The summed E-state index contributed by atoms with van der Waals surface area (Å²) < 4.78 is 11.8. The summed E-state index contributed by atoms with van der Waals surface area (Å²) in [7, 11) is 1.61. The Morgan fingerprint density at radius 1 is 0.976 bits per heavy atom. The van der Waals surface area contributed by atoms with Crippen molar-refractivity contribution in [2.24, 2.45) is 4.99 Å². The summed E-state index contributed by atoms with van der Waals surface area (Å²) in [5.41, 5.74) is 0.553. The van der Waals surface area contributed by atoms with Crippen LogP contribution in [0.3, 0.4) is 0 Å². The Morgan fingerprint density at radius 2 is 1.60 bits per heavy atom. The second-order valence-corrected chi connectivity index (χ2v) is 12.0. The minimum atomic E-state index is -1.21. The van der Waals surface area contributed by atoms with Gasteiger partial charge in [0.2, 0.25) is 5.91 Å². The maximum absolute atomic E-state index is 12.5. The molecule has 0 aliphatic carbocycles. The van der Waals surface area contributed by atoms with Crippen LogP contribution in [0.2, 0.25) is 10.0 Å². The van der Waals surface area contributed by atoms with E-state index in [9.17, 15) is 9.90 Å². The zero-order valence-electron chi connectivity index (χ0n) is 24.4. The molecular formula is C32H36Cl2N4O4. The lowest BCUT2D eigenvalue weighted by Gasteiger charge is -2.50. The SMILES string of the molecule is COc1ccc(C2=N[C@@](C)(c3ccc(Cl)cc3)[C@@](C)(c3ccc(Cl)cc3)N2C(O)N2CCNC(=O)C2)c(OC(C)C)c1. The molecule has 1 amide bonds. The number of halogens is 2. The monoisotopic (exact) mass is 610 g/mol. The van der Waals surface area contributed by atoms with E-state index >= 15 is 0 Å². The van der Waals surface area contributed by atoms with Gasteiger partial charge >= 0.3 is 0 Å². The molecule has 10 heteroatoms. The van der Waals surface area contributed by atoms with Crippen molar-refractivity contribution in [3.05, 3.63) is 93.5 Å². The number of nitrogens with one attached hydrogen (secondary N) is 1. The van der Waals surface area contributed by atoms with Crippen molar-refractivity contribution in [2.75, 3.05) is 26.7 Å². The van der Waals surface area contributed by atoms with Crippen molar-refractivity contribution < 1.29 is 19.4 Å². The molecule has 2 N–H and O–H groups in total. The number of aliphatic imine (C=N–C) groups is 1. The molecular weight excluding hydrogens is 575 g/mol. The van der Waals surface area contributed by atoms with Gasteiger partial charge in [-0.05, 0) is 75.2 Å². The molecule has 2 aliphatic heterocycles. The van der Waals surface area contributed by atoms with Crippen molar-refractivity contribution in [3.8, 4) is 11.5 Å². The van der Waals surface area contributed by atoms with E-state index in [1.54, 1.807) is 12.0 Å². The van der Waals surface area contributed by atoms with Crippen molar-refractivity contribution >= 4 is 34.9 Å². The molecule has 1 saturated heterocycles. The van der Waals surface area contributed by atoms with Gasteiger partial charge in [-0.1, -0.05) is 47.5 Å². The smallest absolute Gasteiger partial charge is 0.234 e. The number of nitrogens with zero attached hydrogens (tertiary/aromatic N) is 3. The Morgan fingerprint density at radius 3 is 2.17 bits per heavy atom. The van der Waals surface area contributed by atoms with Crippen LogP contribution in [0.4, 0.5) is 0 Å².